The van der Waals surface area contributed by atoms with E-state index in [0.29, 0.717) is 5.75 Å². The number of aryl methyl sites for hydroxylation is 1. The highest BCUT2D eigenvalue weighted by molar-refractivity contribution is 5.44. The predicted octanol–water partition coefficient (Wildman–Crippen LogP) is 1.77. The summed E-state index contributed by atoms with van der Waals surface area (Å²) in [7, 11) is 0. The van der Waals surface area contributed by atoms with Gasteiger partial charge in [-0.2, -0.15) is 0 Å². The van der Waals surface area contributed by atoms with Crippen LogP contribution in [0.1, 0.15) is 30.4 Å². The Balaban J connectivity index is 2.51. The van der Waals surface area contributed by atoms with E-state index in [2.05, 4.69) is 13.0 Å². The highest BCUT2D eigenvalue weighted by Gasteiger charge is 2.25. The number of phenols is 1. The molecule has 2 rings (SSSR count). The zero-order valence-corrected chi connectivity index (χ0v) is 7.83. The average Bonchev–Trinajstić information content (AvgIpc) is 2.12. The van der Waals surface area contributed by atoms with E-state index in [1.54, 1.807) is 6.07 Å². The molecule has 1 aromatic rings. The molecule has 3 N–H and O–H groups in total. The molecule has 1 aliphatic carbocycles. The maximum Gasteiger partial charge on any atom is 0.119 e. The topological polar surface area (TPSA) is 46.2 Å². The zero-order valence-electron chi connectivity index (χ0n) is 7.83. The monoisotopic (exact) mass is 177 g/mol. The van der Waals surface area contributed by atoms with E-state index in [0.717, 1.165) is 18.4 Å². The number of nitrogens with two attached hydrogens (primary N) is 1. The molecule has 2 atom stereocenters. The summed E-state index contributed by atoms with van der Waals surface area (Å²) in [6.45, 7) is 2.09. The molecule has 2 nitrogen and oxygen atoms in total. The summed E-state index contributed by atoms with van der Waals surface area (Å²) in [6, 6.07) is 5.92. The van der Waals surface area contributed by atoms with Crippen molar-refractivity contribution in [2.75, 3.05) is 0 Å². The van der Waals surface area contributed by atoms with Crippen LogP contribution in [0.5, 0.6) is 5.75 Å². The summed E-state index contributed by atoms with van der Waals surface area (Å²) in [5.74, 6) is 0.685. The van der Waals surface area contributed by atoms with Gasteiger partial charge in [-0.25, -0.2) is 0 Å². The summed E-state index contributed by atoms with van der Waals surface area (Å²) in [4.78, 5) is 0. The Kier molecular flexibility index (Phi) is 2.00. The Morgan fingerprint density at radius 1 is 1.46 bits per heavy atom. The van der Waals surface area contributed by atoms with E-state index >= 15 is 0 Å². The maximum absolute atomic E-state index is 9.69. The Morgan fingerprint density at radius 3 is 3.00 bits per heavy atom. The molecule has 70 valence electrons. The van der Waals surface area contributed by atoms with Gasteiger partial charge in [-0.15, -0.1) is 0 Å². The molecule has 2 heteroatoms. The van der Waals surface area contributed by atoms with Gasteiger partial charge in [0.1, 0.15) is 5.75 Å². The van der Waals surface area contributed by atoms with Crippen molar-refractivity contribution in [2.45, 2.75) is 31.7 Å². The first-order valence-electron chi connectivity index (χ1n) is 4.76. The first-order chi connectivity index (χ1) is 6.20. The van der Waals surface area contributed by atoms with Crippen LogP contribution in [-0.4, -0.2) is 11.1 Å². The van der Waals surface area contributed by atoms with Crippen LogP contribution >= 0.6 is 0 Å². The van der Waals surface area contributed by atoms with Crippen molar-refractivity contribution >= 4 is 0 Å². The lowest BCUT2D eigenvalue weighted by molar-refractivity contribution is 0.433. The highest BCUT2D eigenvalue weighted by atomic mass is 16.3. The van der Waals surface area contributed by atoms with Gasteiger partial charge >= 0.3 is 0 Å². The average molecular weight is 177 g/mol. The van der Waals surface area contributed by atoms with E-state index in [1.165, 1.54) is 5.56 Å². The molecule has 0 saturated carbocycles. The third-order valence-electron chi connectivity index (χ3n) is 3.02. The van der Waals surface area contributed by atoms with E-state index < -0.39 is 0 Å². The molecule has 0 saturated heterocycles. The summed E-state index contributed by atoms with van der Waals surface area (Å²) in [5.41, 5.74) is 8.27. The van der Waals surface area contributed by atoms with Crippen molar-refractivity contribution in [1.29, 1.82) is 0 Å². The third-order valence-corrected chi connectivity index (χ3v) is 3.02. The highest BCUT2D eigenvalue weighted by Crippen LogP contribution is 2.36. The van der Waals surface area contributed by atoms with Gasteiger partial charge in [0.2, 0.25) is 0 Å². The van der Waals surface area contributed by atoms with E-state index in [-0.39, 0.29) is 12.0 Å². The van der Waals surface area contributed by atoms with Crippen LogP contribution in [0.4, 0.5) is 0 Å². The van der Waals surface area contributed by atoms with Crippen molar-refractivity contribution in [3.05, 3.63) is 29.3 Å². The van der Waals surface area contributed by atoms with E-state index in [1.807, 2.05) is 6.07 Å². The number of hydrogen-bond donors (Lipinski definition) is 2. The first-order valence-corrected chi connectivity index (χ1v) is 4.76. The van der Waals surface area contributed by atoms with Crippen molar-refractivity contribution < 1.29 is 5.11 Å². The lowest BCUT2D eigenvalue weighted by Gasteiger charge is -2.28. The maximum atomic E-state index is 9.69. The smallest absolute Gasteiger partial charge is 0.119 e. The summed E-state index contributed by atoms with van der Waals surface area (Å²) in [6.07, 6.45) is 2.02. The van der Waals surface area contributed by atoms with E-state index in [4.69, 9.17) is 5.73 Å². The fourth-order valence-corrected chi connectivity index (χ4v) is 2.13. The molecule has 13 heavy (non-hydrogen) atoms. The third kappa shape index (κ3) is 1.31. The minimum atomic E-state index is 0.195. The summed E-state index contributed by atoms with van der Waals surface area (Å²) < 4.78 is 0. The molecule has 0 aromatic heterocycles. The molecule has 0 amide bonds. The molecule has 0 bridgehead atoms. The Labute approximate surface area is 78.4 Å². The summed E-state index contributed by atoms with van der Waals surface area (Å²) in [5, 5.41) is 9.69. The molecule has 1 aliphatic rings. The first kappa shape index (κ1) is 8.57. The van der Waals surface area contributed by atoms with Gasteiger partial charge in [0, 0.05) is 17.5 Å². The lowest BCUT2D eigenvalue weighted by atomic mass is 9.80. The van der Waals surface area contributed by atoms with Crippen LogP contribution in [-0.2, 0) is 6.42 Å². The van der Waals surface area contributed by atoms with Gasteiger partial charge in [-0.05, 0) is 24.5 Å². The second-order valence-electron chi connectivity index (χ2n) is 3.84. The van der Waals surface area contributed by atoms with Gasteiger partial charge in [0.25, 0.3) is 0 Å². The zero-order chi connectivity index (χ0) is 9.42. The minimum Gasteiger partial charge on any atom is -0.508 e. The van der Waals surface area contributed by atoms with Gasteiger partial charge in [0.05, 0.1) is 0 Å². The molecule has 1 aromatic carbocycles. The number of benzene rings is 1. The SMILES string of the molecule is C[C@@H]1c2c(O)cccc2CC[C@@H]1N. The molecule has 0 spiro atoms. The van der Waals surface area contributed by atoms with Crippen LogP contribution in [0, 0.1) is 0 Å². The number of phenolic OH excluding ortho intramolecular Hbond substituents is 1. The number of hydrogen-bond acceptors (Lipinski definition) is 2. The fourth-order valence-electron chi connectivity index (χ4n) is 2.13. The molecular formula is C11H15NO. The molecule has 0 unspecified atom stereocenters. The van der Waals surface area contributed by atoms with Gasteiger partial charge in [-0.1, -0.05) is 19.1 Å². The van der Waals surface area contributed by atoms with Crippen LogP contribution in [0.25, 0.3) is 0 Å². The van der Waals surface area contributed by atoms with Crippen molar-refractivity contribution in [3.8, 4) is 5.75 Å². The molecule has 0 heterocycles. The second kappa shape index (κ2) is 3.04. The molecule has 0 fully saturated rings. The quantitative estimate of drug-likeness (QED) is 0.634. The number of fused-ring (bicyclic) bond motifs is 1. The number of aromatic hydroxyl groups is 1. The Hall–Kier alpha value is -1.02. The largest absolute Gasteiger partial charge is 0.508 e. The predicted molar refractivity (Wildman–Crippen MR) is 52.8 cm³/mol. The molecule has 0 radical (unpaired) electrons. The van der Waals surface area contributed by atoms with Crippen LogP contribution < -0.4 is 5.73 Å². The van der Waals surface area contributed by atoms with Gasteiger partial charge in [-0.3, -0.25) is 0 Å². The minimum absolute atomic E-state index is 0.195. The van der Waals surface area contributed by atoms with Crippen molar-refractivity contribution in [1.82, 2.24) is 0 Å². The second-order valence-corrected chi connectivity index (χ2v) is 3.84. The molecule has 0 aliphatic heterocycles. The van der Waals surface area contributed by atoms with Crippen LogP contribution in [0.15, 0.2) is 18.2 Å². The standard InChI is InChI=1S/C11H15NO/c1-7-9(12)6-5-8-3-2-4-10(13)11(7)8/h2-4,7,9,13H,5-6,12H2,1H3/t7-,9-/m0/s1. The van der Waals surface area contributed by atoms with Crippen molar-refractivity contribution in [2.24, 2.45) is 5.73 Å². The Morgan fingerprint density at radius 2 is 2.23 bits per heavy atom. The lowest BCUT2D eigenvalue weighted by Crippen LogP contribution is -2.31. The molecular weight excluding hydrogens is 162 g/mol. The number of rotatable bonds is 0. The van der Waals surface area contributed by atoms with Crippen LogP contribution in [0.3, 0.4) is 0 Å². The fraction of sp³-hybridized carbons (Fsp3) is 0.455. The van der Waals surface area contributed by atoms with Gasteiger partial charge < -0.3 is 10.8 Å². The van der Waals surface area contributed by atoms with Crippen LogP contribution in [0.2, 0.25) is 0 Å². The van der Waals surface area contributed by atoms with Gasteiger partial charge in [0.15, 0.2) is 0 Å². The normalized spacial score (nSPS) is 26.9. The summed E-state index contributed by atoms with van der Waals surface area (Å²) >= 11 is 0. The Bertz CT molecular complexity index is 322. The van der Waals surface area contributed by atoms with E-state index in [9.17, 15) is 5.11 Å². The van der Waals surface area contributed by atoms with Crippen molar-refractivity contribution in [3.63, 3.8) is 0 Å².